The molecule has 0 spiro atoms. The highest BCUT2D eigenvalue weighted by molar-refractivity contribution is 7.00. The van der Waals surface area contributed by atoms with Crippen LogP contribution in [0, 0.1) is 27.7 Å². The molecule has 0 saturated heterocycles. The molecule has 1 aliphatic carbocycles. The van der Waals surface area contributed by atoms with Crippen molar-refractivity contribution >= 4 is 74.3 Å². The molecule has 0 bridgehead atoms. The molecular weight excluding hydrogens is 918 g/mol. The lowest BCUT2D eigenvalue weighted by molar-refractivity contribution is 0.332. The first-order chi connectivity index (χ1) is 35.7. The van der Waals surface area contributed by atoms with E-state index in [9.17, 15) is 0 Å². The van der Waals surface area contributed by atoms with Gasteiger partial charge >= 0.3 is 0 Å². The Morgan fingerprint density at radius 1 is 0.421 bits per heavy atom. The van der Waals surface area contributed by atoms with Crippen molar-refractivity contribution in [1.82, 2.24) is 0 Å². The first-order valence-corrected chi connectivity index (χ1v) is 28.1. The van der Waals surface area contributed by atoms with Crippen molar-refractivity contribution in [1.29, 1.82) is 0 Å². The number of fused-ring (bicyclic) bond motifs is 5. The van der Waals surface area contributed by atoms with Crippen LogP contribution in [0.4, 0.5) is 51.2 Å². The quantitative estimate of drug-likeness (QED) is 0.154. The lowest BCUT2D eigenvalue weighted by atomic mass is 9.33. The lowest BCUT2D eigenvalue weighted by Gasteiger charge is -2.48. The molecule has 0 radical (unpaired) electrons. The summed E-state index contributed by atoms with van der Waals surface area (Å²) < 4.78 is 0. The fourth-order valence-electron chi connectivity index (χ4n) is 13.1. The number of rotatable bonds is 6. The molecular formula is C72H80BN3. The van der Waals surface area contributed by atoms with Crippen LogP contribution < -0.4 is 31.1 Å². The molecule has 3 nitrogen and oxygen atoms in total. The summed E-state index contributed by atoms with van der Waals surface area (Å²) in [5.41, 5.74) is 29.5. The molecule has 0 aromatic heterocycles. The van der Waals surface area contributed by atoms with E-state index in [0.717, 1.165) is 29.9 Å². The SMILES string of the molecule is Cc1cc(C(C)(C)C)cc(C)c1N1c2cc(N(c3ccccc3)c3ccccc3-c3ccccc3)ccc2B2c3cc4c(cc3N(c3c(C)cc(C(C)(C)C)cc3C)c3cc(C(C)(C)C)cc1c32)C(C)(C)CCC4(C)C. The van der Waals surface area contributed by atoms with Crippen LogP contribution in [0.15, 0.2) is 152 Å². The van der Waals surface area contributed by atoms with Crippen molar-refractivity contribution in [3.8, 4) is 11.1 Å². The molecule has 2 aliphatic heterocycles. The lowest BCUT2D eigenvalue weighted by Crippen LogP contribution is -2.62. The van der Waals surface area contributed by atoms with Gasteiger partial charge in [0.2, 0.25) is 0 Å². The summed E-state index contributed by atoms with van der Waals surface area (Å²) in [4.78, 5) is 7.91. The molecule has 0 fully saturated rings. The van der Waals surface area contributed by atoms with Crippen LogP contribution in [-0.4, -0.2) is 6.71 Å². The molecule has 76 heavy (non-hydrogen) atoms. The second-order valence-corrected chi connectivity index (χ2v) is 27.2. The van der Waals surface area contributed by atoms with E-state index in [4.69, 9.17) is 0 Å². The van der Waals surface area contributed by atoms with Gasteiger partial charge in [0.1, 0.15) is 0 Å². The van der Waals surface area contributed by atoms with Gasteiger partial charge in [-0.25, -0.2) is 0 Å². The molecule has 8 aromatic carbocycles. The van der Waals surface area contributed by atoms with E-state index in [1.807, 2.05) is 0 Å². The third-order valence-electron chi connectivity index (χ3n) is 17.6. The smallest absolute Gasteiger partial charge is 0.252 e. The van der Waals surface area contributed by atoms with Crippen molar-refractivity contribution in [2.24, 2.45) is 0 Å². The van der Waals surface area contributed by atoms with Crippen molar-refractivity contribution < 1.29 is 0 Å². The minimum atomic E-state index is -0.158. The summed E-state index contributed by atoms with van der Waals surface area (Å²) in [5, 5.41) is 0. The number of anilines is 9. The van der Waals surface area contributed by atoms with Gasteiger partial charge < -0.3 is 14.7 Å². The van der Waals surface area contributed by atoms with Crippen LogP contribution in [0.5, 0.6) is 0 Å². The second-order valence-electron chi connectivity index (χ2n) is 27.2. The average Bonchev–Trinajstić information content (AvgIpc) is 3.41. The van der Waals surface area contributed by atoms with Crippen LogP contribution in [0.1, 0.15) is 153 Å². The molecule has 0 unspecified atom stereocenters. The van der Waals surface area contributed by atoms with E-state index in [1.54, 1.807) is 0 Å². The third-order valence-corrected chi connectivity index (χ3v) is 17.6. The van der Waals surface area contributed by atoms with Crippen molar-refractivity contribution in [2.45, 2.75) is 158 Å². The highest BCUT2D eigenvalue weighted by Crippen LogP contribution is 2.54. The van der Waals surface area contributed by atoms with Crippen LogP contribution in [0.2, 0.25) is 0 Å². The van der Waals surface area contributed by atoms with Crippen LogP contribution in [0.3, 0.4) is 0 Å². The Labute approximate surface area is 457 Å². The summed E-state index contributed by atoms with van der Waals surface area (Å²) in [6.07, 6.45) is 2.31. The molecule has 386 valence electrons. The van der Waals surface area contributed by atoms with Gasteiger partial charge in [-0.2, -0.15) is 0 Å². The maximum atomic E-state index is 2.73. The molecule has 11 rings (SSSR count). The predicted molar refractivity (Wildman–Crippen MR) is 331 cm³/mol. The Hall–Kier alpha value is -6.78. The van der Waals surface area contributed by atoms with Gasteiger partial charge in [0.15, 0.2) is 0 Å². The van der Waals surface area contributed by atoms with E-state index in [1.165, 1.54) is 112 Å². The molecule has 8 aromatic rings. The number of hydrogen-bond acceptors (Lipinski definition) is 3. The summed E-state index contributed by atoms with van der Waals surface area (Å²) in [6.45, 7) is 40.6. The molecule has 4 heteroatoms. The molecule has 0 saturated carbocycles. The summed E-state index contributed by atoms with van der Waals surface area (Å²) in [6, 6.07) is 58.6. The van der Waals surface area contributed by atoms with Gasteiger partial charge in [0.05, 0.1) is 17.1 Å². The monoisotopic (exact) mass is 998 g/mol. The zero-order valence-corrected chi connectivity index (χ0v) is 48.8. The standard InChI is InChI=1S/C72H80BN3/c1-45-36-50(68(5,6)7)37-46(2)66(45)75-61-42-54(74(53-28-22-19-23-29-53)60-31-25-24-30-55(60)49-26-20-18-21-27-49)32-33-58(61)73-59-43-56-57(72(16,17)35-34-71(56,14)15)44-62(59)76(64-41-52(70(11,12)13)40-63(75)65(64)73)67-47(3)38-51(39-48(67)4)69(8,9)10/h18-33,36-44H,34-35H2,1-17H3. The normalized spacial score (nSPS) is 15.5. The first kappa shape index (κ1) is 51.3. The minimum absolute atomic E-state index is 0.0102. The Balaban J connectivity index is 1.29. The van der Waals surface area contributed by atoms with E-state index in [0.29, 0.717) is 0 Å². The minimum Gasteiger partial charge on any atom is -0.311 e. The summed E-state index contributed by atoms with van der Waals surface area (Å²) in [5.74, 6) is 0. The maximum Gasteiger partial charge on any atom is 0.252 e. The highest BCUT2D eigenvalue weighted by atomic mass is 15.2. The fraction of sp³-hybridized carbons (Fsp3) is 0.333. The number of benzene rings is 8. The number of nitrogens with zero attached hydrogens (tertiary/aromatic N) is 3. The van der Waals surface area contributed by atoms with Gasteiger partial charge in [-0.15, -0.1) is 0 Å². The van der Waals surface area contributed by atoms with Gasteiger partial charge in [-0.05, 0) is 188 Å². The molecule has 0 N–H and O–H groups in total. The zero-order chi connectivity index (χ0) is 54.2. The molecule has 2 heterocycles. The van der Waals surface area contributed by atoms with Crippen LogP contribution in [0.25, 0.3) is 11.1 Å². The Bertz CT molecular complexity index is 3550. The van der Waals surface area contributed by atoms with Gasteiger partial charge in [-0.3, -0.25) is 0 Å². The number of para-hydroxylation sites is 2. The van der Waals surface area contributed by atoms with E-state index < -0.39 is 0 Å². The Morgan fingerprint density at radius 2 is 0.855 bits per heavy atom. The molecule has 3 aliphatic rings. The second kappa shape index (κ2) is 17.9. The van der Waals surface area contributed by atoms with Crippen molar-refractivity contribution in [3.05, 3.63) is 202 Å². The van der Waals surface area contributed by atoms with Crippen molar-refractivity contribution in [2.75, 3.05) is 14.7 Å². The summed E-state index contributed by atoms with van der Waals surface area (Å²) in [7, 11) is 0. The summed E-state index contributed by atoms with van der Waals surface area (Å²) >= 11 is 0. The zero-order valence-electron chi connectivity index (χ0n) is 48.8. The van der Waals surface area contributed by atoms with E-state index >= 15 is 0 Å². The fourth-order valence-corrected chi connectivity index (χ4v) is 13.1. The van der Waals surface area contributed by atoms with E-state index in [-0.39, 0.29) is 33.8 Å². The molecule has 0 atom stereocenters. The van der Waals surface area contributed by atoms with Crippen molar-refractivity contribution in [3.63, 3.8) is 0 Å². The predicted octanol–water partition coefficient (Wildman–Crippen LogP) is 18.4. The maximum absolute atomic E-state index is 2.73. The molecule has 0 amide bonds. The van der Waals surface area contributed by atoms with Crippen LogP contribution >= 0.6 is 0 Å². The van der Waals surface area contributed by atoms with E-state index in [2.05, 4.69) is 284 Å². The third kappa shape index (κ3) is 8.50. The largest absolute Gasteiger partial charge is 0.311 e. The first-order valence-electron chi connectivity index (χ1n) is 28.1. The average molecular weight is 998 g/mol. The highest BCUT2D eigenvalue weighted by Gasteiger charge is 2.48. The van der Waals surface area contributed by atoms with Crippen LogP contribution in [-0.2, 0) is 27.1 Å². The Kier molecular flexibility index (Phi) is 12.1. The van der Waals surface area contributed by atoms with Gasteiger partial charge in [0.25, 0.3) is 6.71 Å². The Morgan fingerprint density at radius 3 is 1.36 bits per heavy atom. The number of hydrogen-bond donors (Lipinski definition) is 0. The van der Waals surface area contributed by atoms with Gasteiger partial charge in [-0.1, -0.05) is 193 Å². The topological polar surface area (TPSA) is 9.72 Å². The number of aryl methyl sites for hydroxylation is 4. The van der Waals surface area contributed by atoms with Gasteiger partial charge in [0, 0.05) is 39.7 Å².